The van der Waals surface area contributed by atoms with Crippen molar-refractivity contribution in [1.29, 1.82) is 0 Å². The Bertz CT molecular complexity index is 1070. The second kappa shape index (κ2) is 7.50. The molecule has 2 atom stereocenters. The standard InChI is InChI=1S/C22H21FN4O2/c1-13(19-12-24-27(14(19)2)16-9-7-15(23)8-10-16)25-22(29)18-11-21(28)26-20-6-4-3-5-17(18)20/h3-10,12-13,18H,11H2,1-2H3,(H,25,29)(H,26,28). The lowest BCUT2D eigenvalue weighted by molar-refractivity contribution is -0.126. The Balaban J connectivity index is 1.54. The molecule has 29 heavy (non-hydrogen) atoms. The van der Waals surface area contributed by atoms with Crippen molar-refractivity contribution in [2.75, 3.05) is 5.32 Å². The molecule has 2 amide bonds. The third kappa shape index (κ3) is 3.63. The average molecular weight is 392 g/mol. The van der Waals surface area contributed by atoms with Crippen LogP contribution in [-0.2, 0) is 9.59 Å². The summed E-state index contributed by atoms with van der Waals surface area (Å²) in [6, 6.07) is 13.1. The summed E-state index contributed by atoms with van der Waals surface area (Å²) in [5, 5.41) is 10.2. The van der Waals surface area contributed by atoms with Crippen molar-refractivity contribution >= 4 is 17.5 Å². The predicted molar refractivity (Wildman–Crippen MR) is 107 cm³/mol. The molecule has 4 rings (SSSR count). The molecule has 0 fully saturated rings. The number of amides is 2. The van der Waals surface area contributed by atoms with Gasteiger partial charge < -0.3 is 10.6 Å². The van der Waals surface area contributed by atoms with Gasteiger partial charge in [-0.15, -0.1) is 0 Å². The maximum Gasteiger partial charge on any atom is 0.228 e. The molecule has 1 aliphatic heterocycles. The molecule has 148 valence electrons. The van der Waals surface area contributed by atoms with Gasteiger partial charge in [0.1, 0.15) is 5.82 Å². The summed E-state index contributed by atoms with van der Waals surface area (Å²) < 4.78 is 14.9. The lowest BCUT2D eigenvalue weighted by atomic mass is 9.89. The molecule has 2 unspecified atom stereocenters. The summed E-state index contributed by atoms with van der Waals surface area (Å²) in [5.74, 6) is -1.21. The van der Waals surface area contributed by atoms with E-state index in [2.05, 4.69) is 15.7 Å². The van der Waals surface area contributed by atoms with Gasteiger partial charge in [-0.2, -0.15) is 5.10 Å². The number of benzene rings is 2. The molecule has 2 N–H and O–H groups in total. The molecule has 6 nitrogen and oxygen atoms in total. The van der Waals surface area contributed by atoms with Crippen molar-refractivity contribution in [2.24, 2.45) is 0 Å². The number of aromatic nitrogens is 2. The number of para-hydroxylation sites is 1. The molecule has 1 aliphatic rings. The van der Waals surface area contributed by atoms with E-state index in [1.165, 1.54) is 12.1 Å². The fourth-order valence-electron chi connectivity index (χ4n) is 3.73. The highest BCUT2D eigenvalue weighted by Gasteiger charge is 2.31. The van der Waals surface area contributed by atoms with Gasteiger partial charge in [-0.1, -0.05) is 18.2 Å². The van der Waals surface area contributed by atoms with Crippen LogP contribution < -0.4 is 10.6 Å². The Labute approximate surface area is 167 Å². The molecule has 0 spiro atoms. The van der Waals surface area contributed by atoms with Crippen molar-refractivity contribution in [1.82, 2.24) is 15.1 Å². The second-order valence-corrected chi connectivity index (χ2v) is 7.20. The molecule has 3 aromatic rings. The number of rotatable bonds is 4. The van der Waals surface area contributed by atoms with E-state index >= 15 is 0 Å². The zero-order chi connectivity index (χ0) is 20.5. The first-order valence-electron chi connectivity index (χ1n) is 9.43. The Kier molecular flexibility index (Phi) is 4.88. The first-order chi connectivity index (χ1) is 13.9. The van der Waals surface area contributed by atoms with E-state index in [0.717, 1.165) is 22.5 Å². The minimum absolute atomic E-state index is 0.114. The predicted octanol–water partition coefficient (Wildman–Crippen LogP) is 3.62. The van der Waals surface area contributed by atoms with Crippen molar-refractivity contribution < 1.29 is 14.0 Å². The molecular weight excluding hydrogens is 371 g/mol. The largest absolute Gasteiger partial charge is 0.349 e. The van der Waals surface area contributed by atoms with Gasteiger partial charge in [0.15, 0.2) is 0 Å². The summed E-state index contributed by atoms with van der Waals surface area (Å²) in [4.78, 5) is 25.0. The maximum atomic E-state index is 13.2. The van der Waals surface area contributed by atoms with Crippen LogP contribution in [0.15, 0.2) is 54.7 Å². The van der Waals surface area contributed by atoms with Crippen LogP contribution in [0.3, 0.4) is 0 Å². The summed E-state index contributed by atoms with van der Waals surface area (Å²) in [6.45, 7) is 3.78. The van der Waals surface area contributed by atoms with E-state index in [1.54, 1.807) is 29.1 Å². The Morgan fingerprint density at radius 2 is 1.97 bits per heavy atom. The molecule has 0 saturated carbocycles. The molecule has 0 radical (unpaired) electrons. The zero-order valence-corrected chi connectivity index (χ0v) is 16.1. The SMILES string of the molecule is Cc1c(C(C)NC(=O)C2CC(=O)Nc3ccccc32)cnn1-c1ccc(F)cc1. The smallest absolute Gasteiger partial charge is 0.228 e. The van der Waals surface area contributed by atoms with Gasteiger partial charge in [0, 0.05) is 23.4 Å². The minimum Gasteiger partial charge on any atom is -0.349 e. The van der Waals surface area contributed by atoms with Crippen molar-refractivity contribution in [3.8, 4) is 5.69 Å². The number of halogens is 1. The molecule has 1 aromatic heterocycles. The van der Waals surface area contributed by atoms with E-state index in [-0.39, 0.29) is 30.1 Å². The third-order valence-electron chi connectivity index (χ3n) is 5.26. The van der Waals surface area contributed by atoms with Crippen LogP contribution in [0.4, 0.5) is 10.1 Å². The van der Waals surface area contributed by atoms with Gasteiger partial charge in [-0.3, -0.25) is 9.59 Å². The van der Waals surface area contributed by atoms with Crippen LogP contribution in [0.1, 0.15) is 42.1 Å². The number of hydrogen-bond donors (Lipinski definition) is 2. The number of hydrogen-bond acceptors (Lipinski definition) is 3. The topological polar surface area (TPSA) is 76.0 Å². The van der Waals surface area contributed by atoms with Crippen LogP contribution in [-0.4, -0.2) is 21.6 Å². The molecule has 0 saturated heterocycles. The molecular formula is C22H21FN4O2. The fraction of sp³-hybridized carbons (Fsp3) is 0.227. The lowest BCUT2D eigenvalue weighted by Crippen LogP contribution is -2.36. The van der Waals surface area contributed by atoms with E-state index in [9.17, 15) is 14.0 Å². The lowest BCUT2D eigenvalue weighted by Gasteiger charge is -2.26. The molecule has 0 aliphatic carbocycles. The highest BCUT2D eigenvalue weighted by Crippen LogP contribution is 2.32. The van der Waals surface area contributed by atoms with Crippen molar-refractivity contribution in [2.45, 2.75) is 32.2 Å². The zero-order valence-electron chi connectivity index (χ0n) is 16.1. The van der Waals surface area contributed by atoms with Gasteiger partial charge in [0.05, 0.1) is 23.8 Å². The first kappa shape index (κ1) is 18.9. The Morgan fingerprint density at radius 1 is 1.24 bits per heavy atom. The Hall–Kier alpha value is -3.48. The van der Waals surface area contributed by atoms with E-state index in [0.29, 0.717) is 5.69 Å². The minimum atomic E-state index is -0.533. The number of nitrogens with one attached hydrogen (secondary N) is 2. The van der Waals surface area contributed by atoms with Crippen LogP contribution in [0, 0.1) is 12.7 Å². The number of carbonyl (C=O) groups excluding carboxylic acids is 2. The number of carbonyl (C=O) groups is 2. The van der Waals surface area contributed by atoms with Crippen molar-refractivity contribution in [3.63, 3.8) is 0 Å². The van der Waals surface area contributed by atoms with Gasteiger partial charge in [-0.25, -0.2) is 9.07 Å². The van der Waals surface area contributed by atoms with E-state index in [1.807, 2.05) is 32.0 Å². The highest BCUT2D eigenvalue weighted by atomic mass is 19.1. The molecule has 2 aromatic carbocycles. The quantitative estimate of drug-likeness (QED) is 0.712. The molecule has 7 heteroatoms. The highest BCUT2D eigenvalue weighted by molar-refractivity contribution is 6.01. The number of nitrogens with zero attached hydrogens (tertiary/aromatic N) is 2. The Morgan fingerprint density at radius 3 is 2.72 bits per heavy atom. The van der Waals surface area contributed by atoms with E-state index in [4.69, 9.17) is 0 Å². The van der Waals surface area contributed by atoms with Gasteiger partial charge in [0.2, 0.25) is 11.8 Å². The number of fused-ring (bicyclic) bond motifs is 1. The normalized spacial score (nSPS) is 16.7. The monoisotopic (exact) mass is 392 g/mol. The van der Waals surface area contributed by atoms with Gasteiger partial charge >= 0.3 is 0 Å². The van der Waals surface area contributed by atoms with Gasteiger partial charge in [-0.05, 0) is 49.7 Å². The first-order valence-corrected chi connectivity index (χ1v) is 9.43. The summed E-state index contributed by atoms with van der Waals surface area (Å²) in [5.41, 5.74) is 3.95. The third-order valence-corrected chi connectivity index (χ3v) is 5.26. The van der Waals surface area contributed by atoms with Crippen molar-refractivity contribution in [3.05, 3.63) is 77.4 Å². The van der Waals surface area contributed by atoms with Crippen LogP contribution in [0.5, 0.6) is 0 Å². The fourth-order valence-corrected chi connectivity index (χ4v) is 3.73. The molecule has 2 heterocycles. The van der Waals surface area contributed by atoms with Gasteiger partial charge in [0.25, 0.3) is 0 Å². The summed E-state index contributed by atoms with van der Waals surface area (Å²) in [6.07, 6.45) is 1.81. The van der Waals surface area contributed by atoms with Crippen LogP contribution in [0.25, 0.3) is 5.69 Å². The second-order valence-electron chi connectivity index (χ2n) is 7.20. The molecule has 0 bridgehead atoms. The summed E-state index contributed by atoms with van der Waals surface area (Å²) >= 11 is 0. The maximum absolute atomic E-state index is 13.2. The van der Waals surface area contributed by atoms with Crippen LogP contribution in [0.2, 0.25) is 0 Å². The van der Waals surface area contributed by atoms with Crippen LogP contribution >= 0.6 is 0 Å². The van der Waals surface area contributed by atoms with E-state index < -0.39 is 5.92 Å². The average Bonchev–Trinajstić information content (AvgIpc) is 3.09. The summed E-state index contributed by atoms with van der Waals surface area (Å²) in [7, 11) is 0. The number of anilines is 1.